The van der Waals surface area contributed by atoms with Crippen LogP contribution in [0.4, 0.5) is 0 Å². The van der Waals surface area contributed by atoms with Crippen molar-refractivity contribution in [2.45, 2.75) is 410 Å². The van der Waals surface area contributed by atoms with Crippen molar-refractivity contribution in [3.8, 4) is 0 Å². The van der Waals surface area contributed by atoms with Gasteiger partial charge in [-0.25, -0.2) is 0 Å². The van der Waals surface area contributed by atoms with Crippen molar-refractivity contribution in [3.63, 3.8) is 0 Å². The van der Waals surface area contributed by atoms with E-state index in [4.69, 9.17) is 0 Å². The molecule has 0 aromatic heterocycles. The van der Waals surface area contributed by atoms with Crippen LogP contribution in [-0.4, -0.2) is 0 Å². The van der Waals surface area contributed by atoms with Gasteiger partial charge in [0, 0.05) is 0 Å². The molecule has 0 atom stereocenters. The summed E-state index contributed by atoms with van der Waals surface area (Å²) in [4.78, 5) is 0. The second kappa shape index (κ2) is 26.4. The maximum atomic E-state index is 2.45. The highest BCUT2D eigenvalue weighted by atomic mass is 14.6. The van der Waals surface area contributed by atoms with Crippen molar-refractivity contribution in [2.24, 2.45) is 103 Å². The Hall–Kier alpha value is 0. The highest BCUT2D eigenvalue weighted by Gasteiger charge is 2.59. The molecule has 0 aromatic rings. The van der Waals surface area contributed by atoms with Crippen LogP contribution in [0.2, 0.25) is 0 Å². The van der Waals surface area contributed by atoms with Crippen molar-refractivity contribution >= 4 is 0 Å². The molecule has 6 rings (SSSR count). The van der Waals surface area contributed by atoms with Crippen molar-refractivity contribution < 1.29 is 0 Å². The highest BCUT2D eigenvalue weighted by Crippen LogP contribution is 2.68. The summed E-state index contributed by atoms with van der Waals surface area (Å²) in [6.45, 7) is 89.5. The molecule has 0 saturated heterocycles. The highest BCUT2D eigenvalue weighted by molar-refractivity contribution is 5.09. The summed E-state index contributed by atoms with van der Waals surface area (Å²) >= 11 is 0. The Morgan fingerprint density at radius 1 is 0.163 bits per heavy atom. The molecule has 0 unspecified atom stereocenters. The normalized spacial score (nSPS) is 23.7. The van der Waals surface area contributed by atoms with Gasteiger partial charge in [-0.15, -0.1) is 0 Å². The summed E-state index contributed by atoms with van der Waals surface area (Å²) in [5.74, 6) is 0.947. The van der Waals surface area contributed by atoms with E-state index < -0.39 is 0 Å². The van der Waals surface area contributed by atoms with Crippen LogP contribution in [0.5, 0.6) is 0 Å². The standard InChI is InChI=1S/2C15H30.C14H28.C13H26.C12H24.C11H22/c1-12-8-10-15(11-9-12,13(2,3)4)14(5,6)7;1-13(2,3)15(14(4,5)6)11-9-7-8-10-12-15;1-12(2,3)14(13(4,5)6)10-8-7-9-11-14;1-11(2,3)13(12(4,5)6)9-7-8-10-13;1-10(2,3)12(8-7-9-12)11(4,5)6;1-9(2,3)11(7-8-11)10(4,5)6/h12H,8-11H2,1-7H3;7-12H2,1-6H3;7-11H2,1-6H3;7-10H2,1-6H3;7-9H2,1-6H3;7-8H2,1-6H3. The zero-order valence-corrected chi connectivity index (χ0v) is 63.5. The van der Waals surface area contributed by atoms with Crippen molar-refractivity contribution in [2.75, 3.05) is 0 Å². The predicted molar refractivity (Wildman–Crippen MR) is 368 cm³/mol. The summed E-state index contributed by atoms with van der Waals surface area (Å²) in [7, 11) is 0. The fraction of sp³-hybridized carbons (Fsp3) is 1.00. The lowest BCUT2D eigenvalue weighted by molar-refractivity contribution is -0.100. The molecule has 0 amide bonds. The van der Waals surface area contributed by atoms with Gasteiger partial charge in [-0.1, -0.05) is 333 Å². The van der Waals surface area contributed by atoms with Crippen LogP contribution in [0.25, 0.3) is 0 Å². The smallest absolute Gasteiger partial charge is 0.0200 e. The molecule has 0 heteroatoms. The van der Waals surface area contributed by atoms with E-state index in [9.17, 15) is 0 Å². The van der Waals surface area contributed by atoms with Crippen LogP contribution in [-0.2, 0) is 0 Å². The molecule has 6 aliphatic rings. The summed E-state index contributed by atoms with van der Waals surface area (Å²) in [6.07, 6.45) is 34.4. The minimum absolute atomic E-state index is 0.436. The van der Waals surface area contributed by atoms with E-state index >= 15 is 0 Å². The molecule has 0 aromatic carbocycles. The SMILES string of the molecule is CC(C)(C)C1(C(C)(C)C)CC1.CC(C)(C)C1(C(C)(C)C)CCC1.CC(C)(C)C1(C(C)(C)C)CCCC1.CC(C)(C)C1(C(C)(C)C)CCCCC1.CC(C)(C)C1(C(C)(C)C)CCCCCC1.CC1CCC(C(C)(C)C)(C(C)(C)C)CC1. The van der Waals surface area contributed by atoms with Gasteiger partial charge in [0.25, 0.3) is 0 Å². The Morgan fingerprint density at radius 2 is 0.287 bits per heavy atom. The molecule has 0 spiro atoms. The Balaban J connectivity index is 0.000000481. The van der Waals surface area contributed by atoms with Crippen molar-refractivity contribution in [1.82, 2.24) is 0 Å². The Labute approximate surface area is 511 Å². The van der Waals surface area contributed by atoms with Gasteiger partial charge in [-0.2, -0.15) is 0 Å². The molecule has 80 heavy (non-hydrogen) atoms. The largest absolute Gasteiger partial charge is 0.0625 e. The van der Waals surface area contributed by atoms with Gasteiger partial charge >= 0.3 is 0 Å². The Bertz CT molecular complexity index is 1650. The molecular weight excluding hydrogens is 961 g/mol. The summed E-state index contributed by atoms with van der Waals surface area (Å²) < 4.78 is 0. The number of hydrogen-bond acceptors (Lipinski definition) is 0. The van der Waals surface area contributed by atoms with Crippen LogP contribution >= 0.6 is 0 Å². The topological polar surface area (TPSA) is 0 Å². The third kappa shape index (κ3) is 17.4. The van der Waals surface area contributed by atoms with E-state index in [1.165, 1.54) is 154 Å². The maximum Gasteiger partial charge on any atom is -0.0200 e. The lowest BCUT2D eigenvalue weighted by atomic mass is 9.45. The fourth-order valence-electron chi connectivity index (χ4n) is 21.1. The summed E-state index contributed by atoms with van der Waals surface area (Å²) in [5, 5.41) is 0. The van der Waals surface area contributed by atoms with Crippen LogP contribution in [0.15, 0.2) is 0 Å². The van der Waals surface area contributed by atoms with E-state index in [0.717, 1.165) is 5.92 Å². The minimum Gasteiger partial charge on any atom is -0.0625 e. The van der Waals surface area contributed by atoms with E-state index in [0.29, 0.717) is 97.5 Å². The third-order valence-electron chi connectivity index (χ3n) is 26.4. The van der Waals surface area contributed by atoms with E-state index in [-0.39, 0.29) is 0 Å². The zero-order chi connectivity index (χ0) is 63.5. The monoisotopic (exact) mass is 1120 g/mol. The van der Waals surface area contributed by atoms with Gasteiger partial charge < -0.3 is 0 Å². The lowest BCUT2D eigenvalue weighted by Crippen LogP contribution is -2.51. The first kappa shape index (κ1) is 78.0. The first-order valence-corrected chi connectivity index (χ1v) is 35.1. The van der Waals surface area contributed by atoms with Gasteiger partial charge in [-0.3, -0.25) is 0 Å². The van der Waals surface area contributed by atoms with Crippen LogP contribution in [0.3, 0.4) is 0 Å². The Morgan fingerprint density at radius 3 is 0.412 bits per heavy atom. The lowest BCUT2D eigenvalue weighted by Gasteiger charge is -2.60. The molecule has 0 radical (unpaired) electrons. The third-order valence-corrected chi connectivity index (χ3v) is 26.4. The molecule has 6 saturated carbocycles. The average molecular weight is 1120 g/mol. The van der Waals surface area contributed by atoms with Gasteiger partial charge in [0.2, 0.25) is 0 Å². The zero-order valence-electron chi connectivity index (χ0n) is 63.5. The molecule has 0 aliphatic heterocycles. The first-order chi connectivity index (χ1) is 35.1. The van der Waals surface area contributed by atoms with Crippen molar-refractivity contribution in [1.29, 1.82) is 0 Å². The molecule has 0 N–H and O–H groups in total. The molecule has 6 fully saturated rings. The minimum atomic E-state index is 0.436. The average Bonchev–Trinajstić information content (AvgIpc) is 3.95. The van der Waals surface area contributed by atoms with Gasteiger partial charge in [0.15, 0.2) is 0 Å². The predicted octanol–water partition coefficient (Wildman–Crippen LogP) is 28.5. The van der Waals surface area contributed by atoms with E-state index in [1.807, 2.05) is 0 Å². The summed E-state index contributed by atoms with van der Waals surface area (Å²) in [5.41, 5.74) is 8.92. The van der Waals surface area contributed by atoms with Gasteiger partial charge in [-0.05, 0) is 180 Å². The summed E-state index contributed by atoms with van der Waals surface area (Å²) in [6, 6.07) is 0. The van der Waals surface area contributed by atoms with Crippen LogP contribution < -0.4 is 0 Å². The Kier molecular flexibility index (Phi) is 25.7. The second-order valence-electron chi connectivity index (χ2n) is 41.7. The maximum absolute atomic E-state index is 2.45. The second-order valence-corrected chi connectivity index (χ2v) is 41.7. The van der Waals surface area contributed by atoms with Gasteiger partial charge in [0.1, 0.15) is 0 Å². The van der Waals surface area contributed by atoms with E-state index in [1.54, 1.807) is 0 Å². The van der Waals surface area contributed by atoms with Crippen LogP contribution in [0, 0.1) is 103 Å². The molecule has 0 bridgehead atoms. The molecular formula is C80H160. The van der Waals surface area contributed by atoms with Crippen LogP contribution in [0.1, 0.15) is 410 Å². The number of rotatable bonds is 0. The molecule has 480 valence electrons. The van der Waals surface area contributed by atoms with Gasteiger partial charge in [0.05, 0.1) is 0 Å². The quantitative estimate of drug-likeness (QED) is 0.212. The molecule has 0 heterocycles. The first-order valence-electron chi connectivity index (χ1n) is 35.1. The number of hydrogen-bond donors (Lipinski definition) is 0. The fourth-order valence-corrected chi connectivity index (χ4v) is 21.1. The molecule has 0 nitrogen and oxygen atoms in total. The van der Waals surface area contributed by atoms with Crippen molar-refractivity contribution in [3.05, 3.63) is 0 Å². The molecule has 6 aliphatic carbocycles. The van der Waals surface area contributed by atoms with E-state index in [2.05, 4.69) is 256 Å².